The molecule has 0 spiro atoms. The first-order valence-corrected chi connectivity index (χ1v) is 9.32. The highest BCUT2D eigenvalue weighted by Gasteiger charge is 2.43. The highest BCUT2D eigenvalue weighted by molar-refractivity contribution is 5.78. The van der Waals surface area contributed by atoms with Crippen LogP contribution in [0.5, 0.6) is 0 Å². The molecule has 1 fully saturated rings. The Hall–Kier alpha value is -1.60. The van der Waals surface area contributed by atoms with Crippen LogP contribution in [0.2, 0.25) is 0 Å². The van der Waals surface area contributed by atoms with Gasteiger partial charge in [0.25, 0.3) is 0 Å². The van der Waals surface area contributed by atoms with Gasteiger partial charge in [0.2, 0.25) is 5.91 Å². The smallest absolute Gasteiger partial charge is 0.354 e. The Labute approximate surface area is 152 Å². The van der Waals surface area contributed by atoms with Crippen LogP contribution < -0.4 is 10.6 Å². The third-order valence-electron chi connectivity index (χ3n) is 5.24. The molecular formula is C19H26F3N3O. The summed E-state index contributed by atoms with van der Waals surface area (Å²) in [5.74, 6) is -0.356. The number of aryl methyl sites for hydroxylation is 2. The highest BCUT2D eigenvalue weighted by Crippen LogP contribution is 2.25. The minimum Gasteiger partial charge on any atom is -0.354 e. The number of carbonyl (C=O) groups excluding carboxylic acids is 1. The van der Waals surface area contributed by atoms with Crippen LogP contribution >= 0.6 is 0 Å². The van der Waals surface area contributed by atoms with Crippen LogP contribution in [-0.4, -0.2) is 55.7 Å². The van der Waals surface area contributed by atoms with Crippen molar-refractivity contribution in [2.75, 3.05) is 32.7 Å². The first-order chi connectivity index (χ1) is 12.4. The van der Waals surface area contributed by atoms with Gasteiger partial charge in [-0.15, -0.1) is 0 Å². The zero-order valence-corrected chi connectivity index (χ0v) is 14.9. The number of hydrogen-bond donors (Lipinski definition) is 2. The average Bonchev–Trinajstić information content (AvgIpc) is 2.61. The van der Waals surface area contributed by atoms with Gasteiger partial charge in [-0.3, -0.25) is 9.69 Å². The van der Waals surface area contributed by atoms with Gasteiger partial charge in [0.1, 0.15) is 6.04 Å². The van der Waals surface area contributed by atoms with Crippen LogP contribution in [-0.2, 0) is 24.1 Å². The normalized spacial score (nSPS) is 19.7. The molecule has 1 aliphatic carbocycles. The van der Waals surface area contributed by atoms with Crippen molar-refractivity contribution in [3.05, 3.63) is 34.9 Å². The fourth-order valence-electron chi connectivity index (χ4n) is 3.80. The van der Waals surface area contributed by atoms with Crippen LogP contribution in [0, 0.1) is 0 Å². The molecule has 26 heavy (non-hydrogen) atoms. The van der Waals surface area contributed by atoms with E-state index in [2.05, 4.69) is 16.7 Å². The Morgan fingerprint density at radius 2 is 1.85 bits per heavy atom. The summed E-state index contributed by atoms with van der Waals surface area (Å²) in [5.41, 5.74) is 3.47. The summed E-state index contributed by atoms with van der Waals surface area (Å²) in [4.78, 5) is 13.6. The fraction of sp³-hybridized carbons (Fsp3) is 0.632. The van der Waals surface area contributed by atoms with E-state index < -0.39 is 18.8 Å². The second kappa shape index (κ2) is 8.39. The first-order valence-electron chi connectivity index (χ1n) is 9.32. The van der Waals surface area contributed by atoms with Crippen molar-refractivity contribution >= 4 is 5.91 Å². The van der Waals surface area contributed by atoms with E-state index in [0.29, 0.717) is 26.2 Å². The Balaban J connectivity index is 1.56. The zero-order chi connectivity index (χ0) is 18.6. The van der Waals surface area contributed by atoms with E-state index in [0.717, 1.165) is 24.8 Å². The van der Waals surface area contributed by atoms with Crippen LogP contribution in [0.15, 0.2) is 18.2 Å². The molecule has 1 amide bonds. The largest absolute Gasteiger partial charge is 0.405 e. The second-order valence-electron chi connectivity index (χ2n) is 7.13. The van der Waals surface area contributed by atoms with Crippen molar-refractivity contribution in [1.29, 1.82) is 0 Å². The number of nitrogens with one attached hydrogen (secondary N) is 2. The maximum absolute atomic E-state index is 13.4. The molecule has 7 heteroatoms. The predicted molar refractivity (Wildman–Crippen MR) is 94.1 cm³/mol. The molecule has 0 bridgehead atoms. The van der Waals surface area contributed by atoms with Crippen LogP contribution in [0.4, 0.5) is 13.2 Å². The first kappa shape index (κ1) is 19.2. The topological polar surface area (TPSA) is 44.4 Å². The van der Waals surface area contributed by atoms with E-state index in [4.69, 9.17) is 0 Å². The summed E-state index contributed by atoms with van der Waals surface area (Å²) >= 11 is 0. The van der Waals surface area contributed by atoms with Gasteiger partial charge in [0.15, 0.2) is 0 Å². The summed E-state index contributed by atoms with van der Waals surface area (Å²) in [6.07, 6.45) is 0.206. The number of rotatable bonds is 5. The standard InChI is InChI=1S/C19H26F3N3O/c20-19(21,22)17(25-9-7-23-8-10-25)13-24-18(26)12-14-5-6-15-3-1-2-4-16(15)11-14/h5-6,11,17,23H,1-4,7-10,12-13H2,(H,24,26). The molecule has 1 aromatic carbocycles. The Kier molecular flexibility index (Phi) is 6.19. The number of carbonyl (C=O) groups is 1. The molecule has 1 unspecified atom stereocenters. The lowest BCUT2D eigenvalue weighted by Gasteiger charge is -2.35. The molecule has 0 saturated carbocycles. The van der Waals surface area contributed by atoms with Gasteiger partial charge >= 0.3 is 6.18 Å². The molecule has 1 saturated heterocycles. The molecule has 1 aromatic rings. The molecule has 144 valence electrons. The van der Waals surface area contributed by atoms with Crippen molar-refractivity contribution in [1.82, 2.24) is 15.5 Å². The second-order valence-corrected chi connectivity index (χ2v) is 7.13. The molecular weight excluding hydrogens is 343 g/mol. The highest BCUT2D eigenvalue weighted by atomic mass is 19.4. The van der Waals surface area contributed by atoms with E-state index in [9.17, 15) is 18.0 Å². The quantitative estimate of drug-likeness (QED) is 0.835. The van der Waals surface area contributed by atoms with Crippen LogP contribution in [0.25, 0.3) is 0 Å². The van der Waals surface area contributed by atoms with Gasteiger partial charge in [0.05, 0.1) is 6.42 Å². The fourth-order valence-corrected chi connectivity index (χ4v) is 3.80. The number of alkyl halides is 3. The summed E-state index contributed by atoms with van der Waals surface area (Å²) in [6, 6.07) is 4.38. The number of piperazine rings is 1. The van der Waals surface area contributed by atoms with Gasteiger partial charge in [-0.05, 0) is 42.4 Å². The van der Waals surface area contributed by atoms with Gasteiger partial charge < -0.3 is 10.6 Å². The maximum atomic E-state index is 13.4. The summed E-state index contributed by atoms with van der Waals surface area (Å²) in [6.45, 7) is 1.36. The number of amides is 1. The summed E-state index contributed by atoms with van der Waals surface area (Å²) in [5, 5.41) is 5.54. The zero-order valence-electron chi connectivity index (χ0n) is 14.9. The average molecular weight is 369 g/mol. The molecule has 1 heterocycles. The third-order valence-corrected chi connectivity index (χ3v) is 5.24. The molecule has 0 radical (unpaired) electrons. The van der Waals surface area contributed by atoms with E-state index in [-0.39, 0.29) is 12.3 Å². The lowest BCUT2D eigenvalue weighted by molar-refractivity contribution is -0.184. The molecule has 2 N–H and O–H groups in total. The van der Waals surface area contributed by atoms with Gasteiger partial charge in [0, 0.05) is 32.7 Å². The van der Waals surface area contributed by atoms with Crippen LogP contribution in [0.1, 0.15) is 29.5 Å². The minimum atomic E-state index is -4.35. The lowest BCUT2D eigenvalue weighted by atomic mass is 9.90. The van der Waals surface area contributed by atoms with Crippen molar-refractivity contribution in [3.63, 3.8) is 0 Å². The molecule has 1 atom stereocenters. The number of nitrogens with zero attached hydrogens (tertiary/aromatic N) is 1. The SMILES string of the molecule is O=C(Cc1ccc2c(c1)CCCC2)NCC(N1CCNCC1)C(F)(F)F. The summed E-state index contributed by atoms with van der Waals surface area (Å²) < 4.78 is 40.1. The number of halogens is 3. The monoisotopic (exact) mass is 369 g/mol. The lowest BCUT2D eigenvalue weighted by Crippen LogP contribution is -2.57. The molecule has 4 nitrogen and oxygen atoms in total. The van der Waals surface area contributed by atoms with Crippen molar-refractivity contribution in [2.45, 2.75) is 44.3 Å². The van der Waals surface area contributed by atoms with E-state index in [1.165, 1.54) is 22.4 Å². The molecule has 2 aliphatic rings. The van der Waals surface area contributed by atoms with Crippen molar-refractivity contribution in [3.8, 4) is 0 Å². The van der Waals surface area contributed by atoms with Gasteiger partial charge in [-0.2, -0.15) is 13.2 Å². The molecule has 3 rings (SSSR count). The predicted octanol–water partition coefficient (Wildman–Crippen LogP) is 2.06. The summed E-state index contributed by atoms with van der Waals surface area (Å²) in [7, 11) is 0. The number of benzene rings is 1. The Morgan fingerprint density at radius 1 is 1.15 bits per heavy atom. The van der Waals surface area contributed by atoms with Gasteiger partial charge in [-0.1, -0.05) is 18.2 Å². The molecule has 0 aromatic heterocycles. The van der Waals surface area contributed by atoms with Crippen molar-refractivity contribution in [2.24, 2.45) is 0 Å². The number of fused-ring (bicyclic) bond motifs is 1. The van der Waals surface area contributed by atoms with E-state index in [1.807, 2.05) is 12.1 Å². The van der Waals surface area contributed by atoms with E-state index in [1.54, 1.807) is 0 Å². The minimum absolute atomic E-state index is 0.124. The van der Waals surface area contributed by atoms with Crippen LogP contribution in [0.3, 0.4) is 0 Å². The maximum Gasteiger partial charge on any atom is 0.405 e. The van der Waals surface area contributed by atoms with Crippen molar-refractivity contribution < 1.29 is 18.0 Å². The third kappa shape index (κ3) is 4.98. The Bertz CT molecular complexity index is 627. The Morgan fingerprint density at radius 3 is 2.54 bits per heavy atom. The molecule has 1 aliphatic heterocycles. The van der Waals surface area contributed by atoms with E-state index >= 15 is 0 Å². The van der Waals surface area contributed by atoms with Gasteiger partial charge in [-0.25, -0.2) is 0 Å². The number of hydrogen-bond acceptors (Lipinski definition) is 3.